The van der Waals surface area contributed by atoms with Crippen LogP contribution in [0, 0.1) is 18.6 Å². The van der Waals surface area contributed by atoms with Gasteiger partial charge >= 0.3 is 0 Å². The van der Waals surface area contributed by atoms with Gasteiger partial charge in [0, 0.05) is 12.1 Å². The van der Waals surface area contributed by atoms with Crippen molar-refractivity contribution in [2.24, 2.45) is 0 Å². The van der Waals surface area contributed by atoms with E-state index in [9.17, 15) is 8.78 Å². The summed E-state index contributed by atoms with van der Waals surface area (Å²) in [4.78, 5) is 0. The predicted octanol–water partition coefficient (Wildman–Crippen LogP) is 3.61. The second kappa shape index (κ2) is 6.43. The van der Waals surface area contributed by atoms with Crippen molar-refractivity contribution < 1.29 is 8.78 Å². The van der Waals surface area contributed by atoms with Gasteiger partial charge in [0.25, 0.3) is 0 Å². The Balaban J connectivity index is 1.82. The molecule has 0 saturated heterocycles. The number of nitrogens with one attached hydrogen (secondary N) is 1. The zero-order chi connectivity index (χ0) is 13.7. The Labute approximate surface area is 112 Å². The van der Waals surface area contributed by atoms with Crippen LogP contribution in [0.3, 0.4) is 0 Å². The van der Waals surface area contributed by atoms with Crippen LogP contribution < -0.4 is 5.32 Å². The highest BCUT2D eigenvalue weighted by atomic mass is 19.1. The second-order valence-electron chi connectivity index (χ2n) is 4.65. The van der Waals surface area contributed by atoms with Crippen molar-refractivity contribution in [1.29, 1.82) is 0 Å². The van der Waals surface area contributed by atoms with Crippen LogP contribution in [0.15, 0.2) is 42.5 Å². The van der Waals surface area contributed by atoms with Crippen LogP contribution in [-0.4, -0.2) is 6.54 Å². The highest BCUT2D eigenvalue weighted by Gasteiger charge is 2.03. The first-order valence-electron chi connectivity index (χ1n) is 6.35. The predicted molar refractivity (Wildman–Crippen MR) is 72.9 cm³/mol. The second-order valence-corrected chi connectivity index (χ2v) is 4.65. The molecule has 0 aliphatic carbocycles. The molecule has 0 amide bonds. The van der Waals surface area contributed by atoms with Crippen LogP contribution in [0.2, 0.25) is 0 Å². The van der Waals surface area contributed by atoms with Gasteiger partial charge in [-0.3, -0.25) is 0 Å². The van der Waals surface area contributed by atoms with Gasteiger partial charge in [0.05, 0.1) is 0 Å². The van der Waals surface area contributed by atoms with Crippen LogP contribution in [-0.2, 0) is 13.0 Å². The highest BCUT2D eigenvalue weighted by molar-refractivity contribution is 5.22. The molecular weight excluding hydrogens is 244 g/mol. The van der Waals surface area contributed by atoms with Crippen molar-refractivity contribution in [3.8, 4) is 0 Å². The average molecular weight is 261 g/mol. The maximum atomic E-state index is 13.4. The van der Waals surface area contributed by atoms with E-state index < -0.39 is 5.82 Å². The molecule has 0 aliphatic rings. The Kier molecular flexibility index (Phi) is 4.63. The highest BCUT2D eigenvalue weighted by Crippen LogP contribution is 2.09. The minimum absolute atomic E-state index is 0.343. The number of halogens is 2. The van der Waals surface area contributed by atoms with Gasteiger partial charge in [0.1, 0.15) is 11.6 Å². The SMILES string of the molecule is Cc1cccc(CCNCc2cc(F)ccc2F)c1. The Morgan fingerprint density at radius 1 is 1.05 bits per heavy atom. The van der Waals surface area contributed by atoms with Gasteiger partial charge in [0.15, 0.2) is 0 Å². The summed E-state index contributed by atoms with van der Waals surface area (Å²) in [6, 6.07) is 11.8. The third kappa shape index (κ3) is 4.14. The summed E-state index contributed by atoms with van der Waals surface area (Å²) in [5.41, 5.74) is 2.84. The van der Waals surface area contributed by atoms with Crippen molar-refractivity contribution >= 4 is 0 Å². The molecule has 0 radical (unpaired) electrons. The topological polar surface area (TPSA) is 12.0 Å². The fourth-order valence-corrected chi connectivity index (χ4v) is 2.00. The molecular formula is C16H17F2N. The summed E-state index contributed by atoms with van der Waals surface area (Å²) in [6.07, 6.45) is 0.874. The zero-order valence-electron chi connectivity index (χ0n) is 10.9. The van der Waals surface area contributed by atoms with Gasteiger partial charge in [-0.25, -0.2) is 8.78 Å². The van der Waals surface area contributed by atoms with Gasteiger partial charge in [-0.2, -0.15) is 0 Å². The van der Waals surface area contributed by atoms with E-state index in [0.29, 0.717) is 12.1 Å². The Morgan fingerprint density at radius 3 is 2.68 bits per heavy atom. The van der Waals surface area contributed by atoms with Crippen LogP contribution in [0.1, 0.15) is 16.7 Å². The Hall–Kier alpha value is -1.74. The molecule has 0 bridgehead atoms. The molecule has 1 N–H and O–H groups in total. The van der Waals surface area contributed by atoms with Crippen molar-refractivity contribution in [3.05, 3.63) is 70.8 Å². The van der Waals surface area contributed by atoms with Crippen LogP contribution in [0.25, 0.3) is 0 Å². The molecule has 1 nitrogen and oxygen atoms in total. The molecule has 2 aromatic rings. The zero-order valence-corrected chi connectivity index (χ0v) is 10.9. The van der Waals surface area contributed by atoms with E-state index in [4.69, 9.17) is 0 Å². The molecule has 2 aromatic carbocycles. The van der Waals surface area contributed by atoms with E-state index in [-0.39, 0.29) is 5.82 Å². The lowest BCUT2D eigenvalue weighted by atomic mass is 10.1. The van der Waals surface area contributed by atoms with E-state index in [1.165, 1.54) is 17.2 Å². The Morgan fingerprint density at radius 2 is 1.89 bits per heavy atom. The summed E-state index contributed by atoms with van der Waals surface area (Å²) in [5.74, 6) is -0.777. The van der Waals surface area contributed by atoms with Crippen LogP contribution in [0.4, 0.5) is 8.78 Å². The first-order valence-corrected chi connectivity index (χ1v) is 6.35. The monoisotopic (exact) mass is 261 g/mol. The fraction of sp³-hybridized carbons (Fsp3) is 0.250. The molecule has 0 atom stereocenters. The minimum atomic E-state index is -0.406. The van der Waals surface area contributed by atoms with Crippen LogP contribution >= 0.6 is 0 Å². The van der Waals surface area contributed by atoms with Gasteiger partial charge in [-0.05, 0) is 43.7 Å². The minimum Gasteiger partial charge on any atom is -0.312 e. The number of hydrogen-bond donors (Lipinski definition) is 1. The van der Waals surface area contributed by atoms with Crippen molar-refractivity contribution in [2.45, 2.75) is 19.9 Å². The summed E-state index contributed by atoms with van der Waals surface area (Å²) in [5, 5.41) is 3.13. The first kappa shape index (κ1) is 13.7. The van der Waals surface area contributed by atoms with Crippen LogP contribution in [0.5, 0.6) is 0 Å². The van der Waals surface area contributed by atoms with Crippen molar-refractivity contribution in [2.75, 3.05) is 6.54 Å². The van der Waals surface area contributed by atoms with Gasteiger partial charge in [-0.1, -0.05) is 29.8 Å². The van der Waals surface area contributed by atoms with E-state index in [2.05, 4.69) is 30.4 Å². The summed E-state index contributed by atoms with van der Waals surface area (Å²) in [7, 11) is 0. The standard InChI is InChI=1S/C16H17F2N/c1-12-3-2-4-13(9-12)7-8-19-11-14-10-15(17)5-6-16(14)18/h2-6,9-10,19H,7-8,11H2,1H3. The summed E-state index contributed by atoms with van der Waals surface area (Å²) in [6.45, 7) is 3.13. The molecule has 0 aromatic heterocycles. The number of benzene rings is 2. The molecule has 2 rings (SSSR count). The largest absolute Gasteiger partial charge is 0.312 e. The van der Waals surface area contributed by atoms with E-state index in [1.54, 1.807) is 0 Å². The lowest BCUT2D eigenvalue weighted by molar-refractivity contribution is 0.569. The first-order chi connectivity index (χ1) is 9.15. The number of aryl methyl sites for hydroxylation is 1. The molecule has 0 saturated carbocycles. The molecule has 3 heteroatoms. The van der Waals surface area contributed by atoms with Crippen molar-refractivity contribution in [3.63, 3.8) is 0 Å². The van der Waals surface area contributed by atoms with Crippen molar-refractivity contribution in [1.82, 2.24) is 5.32 Å². The van der Waals surface area contributed by atoms with Gasteiger partial charge in [-0.15, -0.1) is 0 Å². The molecule has 0 spiro atoms. The third-order valence-corrected chi connectivity index (χ3v) is 3.00. The third-order valence-electron chi connectivity index (χ3n) is 3.00. The fourth-order valence-electron chi connectivity index (χ4n) is 2.00. The molecule has 100 valence electrons. The van der Waals surface area contributed by atoms with Gasteiger partial charge in [0.2, 0.25) is 0 Å². The van der Waals surface area contributed by atoms with Gasteiger partial charge < -0.3 is 5.32 Å². The normalized spacial score (nSPS) is 10.7. The number of rotatable bonds is 5. The number of hydrogen-bond acceptors (Lipinski definition) is 1. The maximum Gasteiger partial charge on any atom is 0.127 e. The molecule has 19 heavy (non-hydrogen) atoms. The van der Waals surface area contributed by atoms with E-state index in [1.807, 2.05) is 6.07 Å². The van der Waals surface area contributed by atoms with E-state index >= 15 is 0 Å². The lowest BCUT2D eigenvalue weighted by Gasteiger charge is -2.07. The quantitative estimate of drug-likeness (QED) is 0.811. The van der Waals surface area contributed by atoms with E-state index in [0.717, 1.165) is 25.1 Å². The Bertz CT molecular complexity index is 552. The maximum absolute atomic E-state index is 13.4. The molecule has 0 heterocycles. The molecule has 0 fully saturated rings. The molecule has 0 aliphatic heterocycles. The lowest BCUT2D eigenvalue weighted by Crippen LogP contribution is -2.17. The smallest absolute Gasteiger partial charge is 0.127 e. The summed E-state index contributed by atoms with van der Waals surface area (Å²) < 4.78 is 26.3. The average Bonchev–Trinajstić information content (AvgIpc) is 2.39. The molecule has 0 unspecified atom stereocenters. The summed E-state index contributed by atoms with van der Waals surface area (Å²) >= 11 is 0.